The lowest BCUT2D eigenvalue weighted by molar-refractivity contribution is -0.160. The maximum atomic E-state index is 12.9. The molecule has 0 saturated heterocycles. The van der Waals surface area contributed by atoms with Gasteiger partial charge in [-0.1, -0.05) is 33.6 Å². The Bertz CT molecular complexity index is 436. The van der Waals surface area contributed by atoms with E-state index in [1.165, 1.54) is 12.1 Å². The molecule has 5 heteroatoms. The first-order valence-corrected chi connectivity index (χ1v) is 5.98. The van der Waals surface area contributed by atoms with Gasteiger partial charge in [0.1, 0.15) is 0 Å². The van der Waals surface area contributed by atoms with Gasteiger partial charge in [-0.15, -0.1) is 0 Å². The van der Waals surface area contributed by atoms with Crippen molar-refractivity contribution in [2.75, 3.05) is 0 Å². The number of rotatable bonds is 1. The molecule has 1 aliphatic carbocycles. The highest BCUT2D eigenvalue weighted by molar-refractivity contribution is 9.10. The van der Waals surface area contributed by atoms with Crippen molar-refractivity contribution in [3.8, 4) is 0 Å². The molecule has 0 unspecified atom stereocenters. The third kappa shape index (κ3) is 1.76. The predicted octanol–water partition coefficient (Wildman–Crippen LogP) is 5.00. The third-order valence-electron chi connectivity index (χ3n) is 3.06. The summed E-state index contributed by atoms with van der Waals surface area (Å²) in [4.78, 5) is 0. The van der Waals surface area contributed by atoms with Crippen LogP contribution in [0.3, 0.4) is 0 Å². The first kappa shape index (κ1) is 12.2. The first-order chi connectivity index (χ1) is 7.28. The van der Waals surface area contributed by atoms with Crippen LogP contribution < -0.4 is 0 Å². The van der Waals surface area contributed by atoms with E-state index in [4.69, 9.17) is 11.6 Å². The first-order valence-electron chi connectivity index (χ1n) is 4.81. The lowest BCUT2D eigenvalue weighted by atomic mass is 9.94. The quantitative estimate of drug-likeness (QED) is 0.684. The van der Waals surface area contributed by atoms with E-state index in [0.29, 0.717) is 0 Å². The Morgan fingerprint density at radius 1 is 1.31 bits per heavy atom. The van der Waals surface area contributed by atoms with Gasteiger partial charge in [0.15, 0.2) is 0 Å². The zero-order valence-electron chi connectivity index (χ0n) is 8.46. The van der Waals surface area contributed by atoms with E-state index in [0.717, 1.165) is 10.0 Å². The molecule has 2 rings (SSSR count). The second-order valence-electron chi connectivity index (χ2n) is 4.16. The Balaban J connectivity index is 2.54. The third-order valence-corrected chi connectivity index (χ3v) is 4.22. The molecule has 1 aromatic carbocycles. The average Bonchev–Trinajstić information content (AvgIpc) is 2.90. The molecule has 0 spiro atoms. The molecule has 0 N–H and O–H groups in total. The summed E-state index contributed by atoms with van der Waals surface area (Å²) in [6.45, 7) is 1.76. The predicted molar refractivity (Wildman–Crippen MR) is 60.9 cm³/mol. The Morgan fingerprint density at radius 2 is 1.88 bits per heavy atom. The summed E-state index contributed by atoms with van der Waals surface area (Å²) in [5.41, 5.74) is -0.715. The summed E-state index contributed by atoms with van der Waals surface area (Å²) in [6, 6.07) is 3.07. The van der Waals surface area contributed by atoms with Crippen molar-refractivity contribution in [2.45, 2.75) is 31.4 Å². The monoisotopic (exact) mass is 312 g/mol. The van der Waals surface area contributed by atoms with Crippen LogP contribution in [0.1, 0.15) is 24.0 Å². The average molecular weight is 314 g/mol. The van der Waals surface area contributed by atoms with Gasteiger partial charge in [0.2, 0.25) is 0 Å². The lowest BCUT2D eigenvalue weighted by Gasteiger charge is -2.21. The van der Waals surface area contributed by atoms with Crippen molar-refractivity contribution in [1.29, 1.82) is 0 Å². The van der Waals surface area contributed by atoms with Gasteiger partial charge >= 0.3 is 6.18 Å². The molecule has 0 aromatic heterocycles. The van der Waals surface area contributed by atoms with E-state index in [2.05, 4.69) is 15.9 Å². The summed E-state index contributed by atoms with van der Waals surface area (Å²) in [7, 11) is 0. The van der Waals surface area contributed by atoms with E-state index in [1.54, 1.807) is 6.92 Å². The molecule has 0 aliphatic heterocycles. The normalized spacial score (nSPS) is 18.6. The van der Waals surface area contributed by atoms with Crippen LogP contribution >= 0.6 is 27.5 Å². The molecule has 1 aliphatic rings. The molecule has 0 radical (unpaired) electrons. The number of halogens is 5. The van der Waals surface area contributed by atoms with Crippen molar-refractivity contribution >= 4 is 27.5 Å². The summed E-state index contributed by atoms with van der Waals surface area (Å²) >= 11 is 9.15. The van der Waals surface area contributed by atoms with E-state index >= 15 is 0 Å². The number of hydrogen-bond acceptors (Lipinski definition) is 0. The van der Waals surface area contributed by atoms with Crippen molar-refractivity contribution in [2.24, 2.45) is 0 Å². The van der Waals surface area contributed by atoms with Gasteiger partial charge in [0, 0.05) is 9.50 Å². The highest BCUT2D eigenvalue weighted by Crippen LogP contribution is 2.60. The molecule has 0 heterocycles. The highest BCUT2D eigenvalue weighted by atomic mass is 79.9. The standard InChI is InChI=1S/C11H9BrClF3/c1-6-4-7(9(13)5-8(6)12)10(2-3-10)11(14,15)16/h4-5H,2-3H2,1H3. The summed E-state index contributed by atoms with van der Waals surface area (Å²) in [5.74, 6) is 0. The molecule has 16 heavy (non-hydrogen) atoms. The molecule has 0 atom stereocenters. The summed E-state index contributed by atoms with van der Waals surface area (Å²) in [6.07, 6.45) is -3.94. The molecule has 0 bridgehead atoms. The SMILES string of the molecule is Cc1cc(C2(C(F)(F)F)CC2)c(Cl)cc1Br. The van der Waals surface area contributed by atoms with Gasteiger partial charge < -0.3 is 0 Å². The van der Waals surface area contributed by atoms with Gasteiger partial charge in [-0.2, -0.15) is 13.2 Å². The number of aryl methyl sites for hydroxylation is 1. The maximum absolute atomic E-state index is 12.9. The van der Waals surface area contributed by atoms with Gasteiger partial charge in [-0.25, -0.2) is 0 Å². The fourth-order valence-electron chi connectivity index (χ4n) is 1.85. The molecule has 0 amide bonds. The van der Waals surface area contributed by atoms with Crippen LogP contribution in [-0.2, 0) is 5.41 Å². The highest BCUT2D eigenvalue weighted by Gasteiger charge is 2.64. The van der Waals surface area contributed by atoms with Crippen molar-refractivity contribution in [3.05, 3.63) is 32.8 Å². The Kier molecular flexibility index (Phi) is 2.78. The van der Waals surface area contributed by atoms with E-state index in [-0.39, 0.29) is 23.4 Å². The van der Waals surface area contributed by atoms with Crippen LogP contribution in [0.2, 0.25) is 5.02 Å². The van der Waals surface area contributed by atoms with Gasteiger partial charge in [-0.3, -0.25) is 0 Å². The zero-order chi connectivity index (χ0) is 12.1. The van der Waals surface area contributed by atoms with Crippen molar-refractivity contribution in [3.63, 3.8) is 0 Å². The molecule has 88 valence electrons. The van der Waals surface area contributed by atoms with Gasteiger partial charge in [0.05, 0.1) is 5.41 Å². The molecular weight excluding hydrogens is 304 g/mol. The minimum atomic E-state index is -4.21. The second-order valence-corrected chi connectivity index (χ2v) is 5.42. The number of hydrogen-bond donors (Lipinski definition) is 0. The van der Waals surface area contributed by atoms with Crippen LogP contribution in [0.25, 0.3) is 0 Å². The maximum Gasteiger partial charge on any atom is 0.398 e. The molecule has 1 aromatic rings. The fourth-order valence-corrected chi connectivity index (χ4v) is 2.67. The van der Waals surface area contributed by atoms with E-state index in [9.17, 15) is 13.2 Å². The number of alkyl halides is 3. The van der Waals surface area contributed by atoms with Gasteiger partial charge in [-0.05, 0) is 37.0 Å². The van der Waals surface area contributed by atoms with Crippen LogP contribution in [0.4, 0.5) is 13.2 Å². The van der Waals surface area contributed by atoms with Crippen molar-refractivity contribution in [1.82, 2.24) is 0 Å². The Hall–Kier alpha value is -0.220. The zero-order valence-corrected chi connectivity index (χ0v) is 10.8. The van der Waals surface area contributed by atoms with Crippen LogP contribution in [0.15, 0.2) is 16.6 Å². The minimum absolute atomic E-state index is 0.136. The van der Waals surface area contributed by atoms with Crippen LogP contribution in [0.5, 0.6) is 0 Å². The summed E-state index contributed by atoms with van der Waals surface area (Å²) in [5, 5.41) is 0.187. The Labute approximate surface area is 105 Å². The smallest absolute Gasteiger partial charge is 0.170 e. The van der Waals surface area contributed by atoms with Crippen molar-refractivity contribution < 1.29 is 13.2 Å². The van der Waals surface area contributed by atoms with E-state index in [1.807, 2.05) is 0 Å². The Morgan fingerprint density at radius 3 is 2.31 bits per heavy atom. The van der Waals surface area contributed by atoms with E-state index < -0.39 is 11.6 Å². The molecule has 0 nitrogen and oxygen atoms in total. The van der Waals surface area contributed by atoms with Crippen LogP contribution in [0, 0.1) is 6.92 Å². The van der Waals surface area contributed by atoms with Gasteiger partial charge in [0.25, 0.3) is 0 Å². The summed E-state index contributed by atoms with van der Waals surface area (Å²) < 4.78 is 39.5. The lowest BCUT2D eigenvalue weighted by Crippen LogP contribution is -2.29. The fraction of sp³-hybridized carbons (Fsp3) is 0.455. The molecular formula is C11H9BrClF3. The second kappa shape index (κ2) is 3.64. The van der Waals surface area contributed by atoms with Crippen LogP contribution in [-0.4, -0.2) is 6.18 Å². The largest absolute Gasteiger partial charge is 0.398 e. The topological polar surface area (TPSA) is 0 Å². The molecule has 1 saturated carbocycles. The molecule has 1 fully saturated rings. The number of benzene rings is 1. The minimum Gasteiger partial charge on any atom is -0.170 e.